The van der Waals surface area contributed by atoms with E-state index in [-0.39, 0.29) is 0 Å². The summed E-state index contributed by atoms with van der Waals surface area (Å²) in [7, 11) is 1.72. The number of benzene rings is 2. The van der Waals surface area contributed by atoms with Crippen molar-refractivity contribution in [2.45, 2.75) is 20.8 Å². The van der Waals surface area contributed by atoms with Crippen molar-refractivity contribution in [1.82, 2.24) is 0 Å². The van der Waals surface area contributed by atoms with Gasteiger partial charge >= 0.3 is 0 Å². The summed E-state index contributed by atoms with van der Waals surface area (Å²) in [4.78, 5) is 0. The summed E-state index contributed by atoms with van der Waals surface area (Å²) >= 11 is 0. The minimum atomic E-state index is 0.964. The van der Waals surface area contributed by atoms with Crippen LogP contribution in [-0.4, -0.2) is 7.11 Å². The van der Waals surface area contributed by atoms with Crippen LogP contribution in [0.15, 0.2) is 24.3 Å². The van der Waals surface area contributed by atoms with Gasteiger partial charge in [-0.15, -0.1) is 0 Å². The predicted molar refractivity (Wildman–Crippen MR) is 64.7 cm³/mol. The molecule has 0 aromatic heterocycles. The van der Waals surface area contributed by atoms with Gasteiger partial charge in [-0.3, -0.25) is 0 Å². The highest BCUT2D eigenvalue weighted by Gasteiger charge is 2.03. The molecule has 0 saturated carbocycles. The maximum absolute atomic E-state index is 5.32. The normalized spacial score (nSPS) is 10.7. The third-order valence-corrected chi connectivity index (χ3v) is 2.97. The number of ether oxygens (including phenoxy) is 1. The molecule has 78 valence electrons. The van der Waals surface area contributed by atoms with E-state index in [2.05, 4.69) is 45.0 Å². The van der Waals surface area contributed by atoms with E-state index in [1.165, 1.54) is 27.5 Å². The molecule has 2 rings (SSSR count). The maximum Gasteiger partial charge on any atom is 0.122 e. The molecule has 15 heavy (non-hydrogen) atoms. The number of methoxy groups -OCH3 is 1. The zero-order valence-corrected chi connectivity index (χ0v) is 9.72. The third kappa shape index (κ3) is 1.70. The Balaban J connectivity index is 2.76. The Bertz CT molecular complexity index is 512. The van der Waals surface area contributed by atoms with Crippen LogP contribution in [0.5, 0.6) is 5.75 Å². The number of hydrogen-bond donors (Lipinski definition) is 0. The monoisotopic (exact) mass is 200 g/mol. The largest absolute Gasteiger partial charge is 0.496 e. The molecule has 2 aromatic carbocycles. The molecule has 0 saturated heterocycles. The highest BCUT2D eigenvalue weighted by molar-refractivity contribution is 5.86. The summed E-state index contributed by atoms with van der Waals surface area (Å²) in [5.41, 5.74) is 3.86. The van der Waals surface area contributed by atoms with Crippen molar-refractivity contribution in [2.75, 3.05) is 7.11 Å². The summed E-state index contributed by atoms with van der Waals surface area (Å²) < 4.78 is 5.32. The second kappa shape index (κ2) is 3.58. The second-order valence-electron chi connectivity index (χ2n) is 4.11. The Hall–Kier alpha value is -1.50. The van der Waals surface area contributed by atoms with Crippen LogP contribution in [0.4, 0.5) is 0 Å². The zero-order chi connectivity index (χ0) is 11.0. The van der Waals surface area contributed by atoms with E-state index >= 15 is 0 Å². The van der Waals surface area contributed by atoms with E-state index in [0.29, 0.717) is 0 Å². The van der Waals surface area contributed by atoms with Crippen molar-refractivity contribution < 1.29 is 4.74 Å². The molecule has 1 nitrogen and oxygen atoms in total. The first-order chi connectivity index (χ1) is 7.11. The third-order valence-electron chi connectivity index (χ3n) is 2.97. The van der Waals surface area contributed by atoms with Crippen molar-refractivity contribution >= 4 is 10.8 Å². The van der Waals surface area contributed by atoms with Crippen LogP contribution in [0.2, 0.25) is 0 Å². The van der Waals surface area contributed by atoms with Gasteiger partial charge in [0.2, 0.25) is 0 Å². The van der Waals surface area contributed by atoms with Crippen LogP contribution in [0, 0.1) is 20.8 Å². The van der Waals surface area contributed by atoms with Gasteiger partial charge in [0.15, 0.2) is 0 Å². The fraction of sp³-hybridized carbons (Fsp3) is 0.286. The molecule has 0 atom stereocenters. The Morgan fingerprint density at radius 2 is 1.20 bits per heavy atom. The Morgan fingerprint density at radius 1 is 0.733 bits per heavy atom. The summed E-state index contributed by atoms with van der Waals surface area (Å²) in [6.45, 7) is 6.36. The summed E-state index contributed by atoms with van der Waals surface area (Å²) in [5, 5.41) is 2.54. The highest BCUT2D eigenvalue weighted by atomic mass is 16.5. The van der Waals surface area contributed by atoms with Crippen molar-refractivity contribution in [2.24, 2.45) is 0 Å². The summed E-state index contributed by atoms with van der Waals surface area (Å²) in [6, 6.07) is 8.74. The number of rotatable bonds is 1. The molecule has 0 aliphatic rings. The van der Waals surface area contributed by atoms with E-state index in [0.717, 1.165) is 5.75 Å². The molecule has 0 bridgehead atoms. The van der Waals surface area contributed by atoms with Gasteiger partial charge in [0.05, 0.1) is 7.11 Å². The van der Waals surface area contributed by atoms with E-state index in [4.69, 9.17) is 4.74 Å². The molecule has 2 aromatic rings. The molecule has 0 aliphatic heterocycles. The Kier molecular flexibility index (Phi) is 2.39. The first-order valence-corrected chi connectivity index (χ1v) is 5.17. The van der Waals surface area contributed by atoms with Gasteiger partial charge in [0.1, 0.15) is 5.75 Å². The average molecular weight is 200 g/mol. The topological polar surface area (TPSA) is 9.23 Å². The first kappa shape index (κ1) is 10.0. The quantitative estimate of drug-likeness (QED) is 0.680. The zero-order valence-electron chi connectivity index (χ0n) is 9.72. The van der Waals surface area contributed by atoms with Crippen LogP contribution in [0.3, 0.4) is 0 Å². The van der Waals surface area contributed by atoms with E-state index in [1.807, 2.05) is 0 Å². The molecule has 0 N–H and O–H groups in total. The van der Waals surface area contributed by atoms with Crippen LogP contribution >= 0.6 is 0 Å². The maximum atomic E-state index is 5.32. The van der Waals surface area contributed by atoms with E-state index < -0.39 is 0 Å². The lowest BCUT2D eigenvalue weighted by Gasteiger charge is -2.09. The molecule has 0 spiro atoms. The standard InChI is InChI=1S/C14H16O/c1-9-5-12-7-11(3)14(15-4)8-13(12)6-10(9)2/h5-8H,1-4H3. The highest BCUT2D eigenvalue weighted by Crippen LogP contribution is 2.27. The summed E-state index contributed by atoms with van der Waals surface area (Å²) in [5.74, 6) is 0.964. The van der Waals surface area contributed by atoms with Crippen LogP contribution in [0.25, 0.3) is 10.8 Å². The molecular weight excluding hydrogens is 184 g/mol. The Morgan fingerprint density at radius 3 is 1.73 bits per heavy atom. The van der Waals surface area contributed by atoms with Crippen molar-refractivity contribution in [3.05, 3.63) is 41.0 Å². The van der Waals surface area contributed by atoms with Crippen molar-refractivity contribution in [3.8, 4) is 5.75 Å². The van der Waals surface area contributed by atoms with Gasteiger partial charge in [0, 0.05) is 0 Å². The lowest BCUT2D eigenvalue weighted by Crippen LogP contribution is -1.88. The minimum Gasteiger partial charge on any atom is -0.496 e. The SMILES string of the molecule is COc1cc2cc(C)c(C)cc2cc1C. The molecule has 0 unspecified atom stereocenters. The number of fused-ring (bicyclic) bond motifs is 1. The van der Waals surface area contributed by atoms with Crippen molar-refractivity contribution in [3.63, 3.8) is 0 Å². The van der Waals surface area contributed by atoms with Crippen LogP contribution in [0.1, 0.15) is 16.7 Å². The van der Waals surface area contributed by atoms with Gasteiger partial charge in [-0.1, -0.05) is 12.1 Å². The van der Waals surface area contributed by atoms with E-state index in [9.17, 15) is 0 Å². The fourth-order valence-corrected chi connectivity index (χ4v) is 1.89. The number of hydrogen-bond acceptors (Lipinski definition) is 1. The van der Waals surface area contributed by atoms with Gasteiger partial charge in [-0.2, -0.15) is 0 Å². The lowest BCUT2D eigenvalue weighted by atomic mass is 10.0. The van der Waals surface area contributed by atoms with Crippen LogP contribution in [-0.2, 0) is 0 Å². The van der Waals surface area contributed by atoms with E-state index in [1.54, 1.807) is 7.11 Å². The van der Waals surface area contributed by atoms with Gasteiger partial charge in [0.25, 0.3) is 0 Å². The molecule has 0 heterocycles. The minimum absolute atomic E-state index is 0.964. The fourth-order valence-electron chi connectivity index (χ4n) is 1.89. The lowest BCUT2D eigenvalue weighted by molar-refractivity contribution is 0.412. The first-order valence-electron chi connectivity index (χ1n) is 5.17. The van der Waals surface area contributed by atoms with Crippen LogP contribution < -0.4 is 4.74 Å². The average Bonchev–Trinajstić information content (AvgIpc) is 2.20. The molecule has 1 heteroatoms. The summed E-state index contributed by atoms with van der Waals surface area (Å²) in [6.07, 6.45) is 0. The molecular formula is C14H16O. The van der Waals surface area contributed by atoms with Gasteiger partial charge < -0.3 is 4.74 Å². The molecule has 0 amide bonds. The predicted octanol–water partition coefficient (Wildman–Crippen LogP) is 3.77. The van der Waals surface area contributed by atoms with Gasteiger partial charge in [-0.25, -0.2) is 0 Å². The molecule has 0 fully saturated rings. The smallest absolute Gasteiger partial charge is 0.122 e. The second-order valence-corrected chi connectivity index (χ2v) is 4.11. The van der Waals surface area contributed by atoms with Crippen molar-refractivity contribution in [1.29, 1.82) is 0 Å². The molecule has 0 radical (unpaired) electrons. The number of aryl methyl sites for hydroxylation is 3. The Labute approximate surface area is 90.7 Å². The van der Waals surface area contributed by atoms with Gasteiger partial charge in [-0.05, 0) is 60.4 Å². The molecule has 0 aliphatic carbocycles.